The summed E-state index contributed by atoms with van der Waals surface area (Å²) in [6, 6.07) is 12.5. The highest BCUT2D eigenvalue weighted by Gasteiger charge is 2.39. The average molecular weight is 958 g/mol. The molecule has 65 heavy (non-hydrogen) atoms. The summed E-state index contributed by atoms with van der Waals surface area (Å²) >= 11 is 0. The van der Waals surface area contributed by atoms with Gasteiger partial charge in [-0.15, -0.1) is 0 Å². The van der Waals surface area contributed by atoms with Crippen molar-refractivity contribution in [2.75, 3.05) is 32.9 Å². The predicted octanol–water partition coefficient (Wildman–Crippen LogP) is 7.17. The molecule has 1 heterocycles. The van der Waals surface area contributed by atoms with Crippen molar-refractivity contribution in [3.05, 3.63) is 83.7 Å². The Morgan fingerprint density at radius 1 is 0.846 bits per heavy atom. The van der Waals surface area contributed by atoms with E-state index in [0.717, 1.165) is 23.8 Å². The van der Waals surface area contributed by atoms with E-state index < -0.39 is 94.0 Å². The molecule has 3 amide bonds. The van der Waals surface area contributed by atoms with Crippen LogP contribution in [-0.4, -0.2) is 117 Å². The van der Waals surface area contributed by atoms with E-state index >= 15 is 4.39 Å². The highest BCUT2D eigenvalue weighted by Crippen LogP contribution is 2.41. The van der Waals surface area contributed by atoms with Gasteiger partial charge in [0, 0.05) is 58.8 Å². The van der Waals surface area contributed by atoms with Crippen LogP contribution in [0.5, 0.6) is 0 Å². The lowest BCUT2D eigenvalue weighted by atomic mass is 9.82. The van der Waals surface area contributed by atoms with Gasteiger partial charge in [-0.25, -0.2) is 23.2 Å². The zero-order chi connectivity index (χ0) is 49.5. The number of rotatable bonds is 20. The zero-order valence-corrected chi connectivity index (χ0v) is 40.5. The number of carboxylic acid groups (broad SMARTS) is 1. The van der Waals surface area contributed by atoms with E-state index in [9.17, 15) is 41.8 Å². The number of hydrogen-bond acceptors (Lipinski definition) is 9. The number of nitrogens with two attached hydrogens (primary N) is 1. The molecule has 21 heteroatoms. The third-order valence-corrected chi connectivity index (χ3v) is 13.2. The number of aromatic nitrogens is 1. The Bertz CT molecular complexity index is 2050. The van der Waals surface area contributed by atoms with Gasteiger partial charge in [0.2, 0.25) is 11.8 Å². The number of halogens is 5. The number of carbonyl (C=O) groups excluding carboxylic acids is 4. The molecule has 0 saturated carbocycles. The smallest absolute Gasteiger partial charge is 0.475 e. The van der Waals surface area contributed by atoms with Crippen molar-refractivity contribution >= 4 is 46.0 Å². The normalized spacial score (nSPS) is 13.4. The summed E-state index contributed by atoms with van der Waals surface area (Å²) in [4.78, 5) is 64.2. The van der Waals surface area contributed by atoms with Gasteiger partial charge in [0.15, 0.2) is 0 Å². The molecule has 1 aromatic heterocycles. The highest BCUT2D eigenvalue weighted by molar-refractivity contribution is 6.76. The lowest BCUT2D eigenvalue weighted by Crippen LogP contribution is -2.55. The van der Waals surface area contributed by atoms with Crippen LogP contribution < -0.4 is 16.4 Å². The van der Waals surface area contributed by atoms with Crippen LogP contribution >= 0.6 is 0 Å². The van der Waals surface area contributed by atoms with Crippen LogP contribution in [0.4, 0.5) is 26.7 Å². The maximum absolute atomic E-state index is 15.2. The Labute approximate surface area is 379 Å². The third-order valence-electron chi connectivity index (χ3n) is 9.76. The van der Waals surface area contributed by atoms with Crippen molar-refractivity contribution in [3.63, 3.8) is 0 Å². The first-order valence-corrected chi connectivity index (χ1v) is 28.4. The van der Waals surface area contributed by atoms with E-state index in [1.165, 1.54) is 4.90 Å². The van der Waals surface area contributed by atoms with Gasteiger partial charge < -0.3 is 45.5 Å². The van der Waals surface area contributed by atoms with E-state index in [1.54, 1.807) is 12.3 Å². The van der Waals surface area contributed by atoms with Gasteiger partial charge in [-0.2, -0.15) is 13.2 Å². The monoisotopic (exact) mass is 957 g/mol. The van der Waals surface area contributed by atoms with Crippen LogP contribution in [0.3, 0.4) is 0 Å². The summed E-state index contributed by atoms with van der Waals surface area (Å²) in [6.45, 7) is 17.8. The van der Waals surface area contributed by atoms with E-state index in [-0.39, 0.29) is 38.3 Å². The average Bonchev–Trinajstić information content (AvgIpc) is 3.59. The number of benzene rings is 2. The van der Waals surface area contributed by atoms with Crippen LogP contribution in [0.25, 0.3) is 11.1 Å². The number of ether oxygens (including phenoxy) is 2. The molecule has 0 unspecified atom stereocenters. The Balaban J connectivity index is 0.00000191. The fraction of sp³-hybridized carbons (Fsp3) is 0.523. The number of hydrogen-bond donors (Lipinski definition) is 5. The first kappa shape index (κ1) is 56.0. The minimum absolute atomic E-state index is 0.0304. The number of alkyl carbamates (subject to hydrolysis) is 1. The second kappa shape index (κ2) is 24.4. The SMILES string of the molecule is CC(C)(C)[C@H](c1cc(-c2cc(F)ccc2F)cn1Cc1ccccc1)N(CC[C@H](NC(=O)OCC[Si](C)(C)C)C(=O)N[C@H](CN)C(=O)OCC[Si](C)(C)C)C(=O)CO.O=C(O)C(F)(F)F. The molecule has 2 aromatic carbocycles. The second-order valence-corrected chi connectivity index (χ2v) is 30.2. The fourth-order valence-corrected chi connectivity index (χ4v) is 7.74. The molecule has 14 nitrogen and oxygen atoms in total. The summed E-state index contributed by atoms with van der Waals surface area (Å²) < 4.78 is 74.2. The Morgan fingerprint density at radius 3 is 1.92 bits per heavy atom. The molecule has 6 N–H and O–H groups in total. The van der Waals surface area contributed by atoms with Gasteiger partial charge in [0.05, 0.1) is 19.3 Å². The number of amides is 3. The van der Waals surface area contributed by atoms with Crippen molar-refractivity contribution in [2.24, 2.45) is 11.1 Å². The van der Waals surface area contributed by atoms with Crippen molar-refractivity contribution < 1.29 is 65.6 Å². The largest absolute Gasteiger partial charge is 0.490 e. The van der Waals surface area contributed by atoms with Crippen LogP contribution in [0.1, 0.15) is 44.5 Å². The molecule has 3 rings (SSSR count). The zero-order valence-electron chi connectivity index (χ0n) is 38.5. The molecule has 362 valence electrons. The van der Waals surface area contributed by atoms with E-state index in [2.05, 4.69) is 49.9 Å². The first-order chi connectivity index (χ1) is 30.0. The minimum Gasteiger partial charge on any atom is -0.475 e. The minimum atomic E-state index is -5.08. The molecule has 3 atom stereocenters. The topological polar surface area (TPSA) is 203 Å². The first-order valence-electron chi connectivity index (χ1n) is 21.0. The Morgan fingerprint density at radius 2 is 1.42 bits per heavy atom. The summed E-state index contributed by atoms with van der Waals surface area (Å²) in [5.74, 6) is -6.14. The van der Waals surface area contributed by atoms with E-state index in [4.69, 9.17) is 25.1 Å². The van der Waals surface area contributed by atoms with E-state index in [0.29, 0.717) is 29.9 Å². The maximum Gasteiger partial charge on any atom is 0.490 e. The van der Waals surface area contributed by atoms with Crippen LogP contribution in [0, 0.1) is 17.0 Å². The van der Waals surface area contributed by atoms with Crippen molar-refractivity contribution in [3.8, 4) is 11.1 Å². The van der Waals surface area contributed by atoms with E-state index in [1.807, 2.05) is 55.7 Å². The standard InChI is InChI=1S/C42H63F2N5O7Si2.C2HF3O2/c1-42(2,3)38(36-23-30(32-24-31(43)15-16-33(32)44)27-48(36)26-29-13-11-10-12-14-29)49(37(51)28-50)18-17-34(47-41(54)56-20-22-58(7,8)9)39(52)46-35(25-45)40(53)55-19-21-57(4,5)6;3-2(4,5)1(6)7/h10-16,23-24,27,34-35,38,50H,17-22,25-26,28,45H2,1-9H3,(H,46,52)(H,47,54);(H,6,7)/t34-,35+,38-;/m0./s1. The van der Waals surface area contributed by atoms with Crippen LogP contribution in [0.15, 0.2) is 60.8 Å². The molecular formula is C44H64F5N5O9Si2. The number of nitrogens with one attached hydrogen (secondary N) is 2. The molecule has 0 aliphatic rings. The second-order valence-electron chi connectivity index (χ2n) is 18.9. The van der Waals surface area contributed by atoms with Gasteiger partial charge in [-0.3, -0.25) is 9.59 Å². The van der Waals surface area contributed by atoms with Gasteiger partial charge in [-0.05, 0) is 53.8 Å². The third kappa shape index (κ3) is 19.5. The number of aliphatic hydroxyl groups is 1. The van der Waals surface area contributed by atoms with Gasteiger partial charge in [0.1, 0.15) is 30.3 Å². The number of esters is 1. The Hall–Kier alpha value is -5.13. The van der Waals surface area contributed by atoms with Crippen molar-refractivity contribution in [1.29, 1.82) is 0 Å². The number of alkyl halides is 3. The van der Waals surface area contributed by atoms with Crippen molar-refractivity contribution in [2.45, 2.75) is 109 Å². The van der Waals surface area contributed by atoms with Gasteiger partial charge in [0.25, 0.3) is 0 Å². The summed E-state index contributed by atoms with van der Waals surface area (Å²) in [5, 5.41) is 22.7. The molecule has 0 radical (unpaired) electrons. The van der Waals surface area contributed by atoms with Crippen LogP contribution in [0.2, 0.25) is 51.4 Å². The molecule has 0 aliphatic heterocycles. The quantitative estimate of drug-likeness (QED) is 0.0439. The molecule has 3 aromatic rings. The maximum atomic E-state index is 15.2. The lowest BCUT2D eigenvalue weighted by Gasteiger charge is -2.41. The fourth-order valence-electron chi connectivity index (χ4n) is 6.32. The number of carboxylic acids is 1. The number of carbonyl (C=O) groups is 5. The summed E-state index contributed by atoms with van der Waals surface area (Å²) in [6.07, 6.45) is -4.41. The summed E-state index contributed by atoms with van der Waals surface area (Å²) in [5.41, 5.74) is 7.04. The Kier molecular flexibility index (Phi) is 21.0. The number of aliphatic carboxylic acids is 1. The molecule has 0 fully saturated rings. The van der Waals surface area contributed by atoms with Gasteiger partial charge >= 0.3 is 24.2 Å². The highest BCUT2D eigenvalue weighted by atomic mass is 28.3. The molecule has 0 saturated heterocycles. The molecule has 0 bridgehead atoms. The predicted molar refractivity (Wildman–Crippen MR) is 241 cm³/mol. The molecular weight excluding hydrogens is 894 g/mol. The lowest BCUT2D eigenvalue weighted by molar-refractivity contribution is -0.192. The van der Waals surface area contributed by atoms with Crippen LogP contribution in [-0.2, 0) is 35.2 Å². The van der Waals surface area contributed by atoms with Crippen molar-refractivity contribution in [1.82, 2.24) is 20.1 Å². The molecule has 0 spiro atoms. The molecule has 0 aliphatic carbocycles. The number of nitrogens with zero attached hydrogens (tertiary/aromatic N) is 2. The summed E-state index contributed by atoms with van der Waals surface area (Å²) in [7, 11) is -3.09. The van der Waals surface area contributed by atoms with Gasteiger partial charge in [-0.1, -0.05) is 90.4 Å². The number of aliphatic hydroxyl groups excluding tert-OH is 1.